The zero-order valence-corrected chi connectivity index (χ0v) is 18.9. The summed E-state index contributed by atoms with van der Waals surface area (Å²) in [6, 6.07) is 0. The molecule has 0 saturated carbocycles. The first-order valence-corrected chi connectivity index (χ1v) is 10.4. The highest BCUT2D eigenvalue weighted by atomic mass is 79.9. The largest absolute Gasteiger partial charge is 0.456 e. The van der Waals surface area contributed by atoms with Crippen molar-refractivity contribution in [3.05, 3.63) is 12.7 Å². The van der Waals surface area contributed by atoms with Crippen LogP contribution in [0.15, 0.2) is 12.7 Å². The van der Waals surface area contributed by atoms with Gasteiger partial charge in [-0.05, 0) is 13.8 Å². The number of nitrogens with two attached hydrogens (primary N) is 1. The minimum Gasteiger partial charge on any atom is -0.456 e. The van der Waals surface area contributed by atoms with Gasteiger partial charge in [0, 0.05) is 13.8 Å². The van der Waals surface area contributed by atoms with Gasteiger partial charge >= 0.3 is 17.9 Å². The summed E-state index contributed by atoms with van der Waals surface area (Å²) in [4.78, 5) is 35.6. The number of halogens is 1. The number of aromatic nitrogens is 4. The number of fused-ring (bicyclic) bond motifs is 1. The normalized spacial score (nSPS) is 32.4. The summed E-state index contributed by atoms with van der Waals surface area (Å²) in [6.45, 7) is 5.97. The number of nitrogen functional groups attached to an aromatic ring is 1. The number of anilines is 1. The number of nitrogens with zero attached hydrogens (tertiary/aromatic N) is 4. The van der Waals surface area contributed by atoms with Crippen LogP contribution in [0.4, 0.5) is 5.82 Å². The fraction of sp³-hybridized carbons (Fsp3) is 0.611. The third kappa shape index (κ3) is 3.97. The molecule has 2 aliphatic heterocycles. The van der Waals surface area contributed by atoms with Crippen LogP contribution < -0.4 is 5.73 Å². The van der Waals surface area contributed by atoms with Crippen molar-refractivity contribution in [2.75, 3.05) is 12.3 Å². The van der Waals surface area contributed by atoms with Crippen molar-refractivity contribution in [3.8, 4) is 0 Å². The molecule has 168 valence electrons. The third-order valence-corrected chi connectivity index (χ3v) is 6.06. The van der Waals surface area contributed by atoms with Gasteiger partial charge in [0.15, 0.2) is 29.4 Å². The topological polar surface area (TPSA) is 150 Å². The summed E-state index contributed by atoms with van der Waals surface area (Å²) in [5.74, 6) is -2.35. The van der Waals surface area contributed by atoms with Gasteiger partial charge in [0.25, 0.3) is 0 Å². The molecule has 0 aliphatic carbocycles. The highest BCUT2D eigenvalue weighted by Crippen LogP contribution is 2.39. The zero-order chi connectivity index (χ0) is 22.6. The maximum absolute atomic E-state index is 11.9. The number of carbonyl (C=O) groups excluding carboxylic acids is 2. The molecule has 0 radical (unpaired) electrons. The van der Waals surface area contributed by atoms with Gasteiger partial charge in [-0.1, -0.05) is 15.9 Å². The molecule has 0 spiro atoms. The van der Waals surface area contributed by atoms with Crippen LogP contribution in [0.5, 0.6) is 0 Å². The molecular formula is C18H22BrN5O7. The number of hydrogen-bond acceptors (Lipinski definition) is 11. The molecule has 5 atom stereocenters. The summed E-state index contributed by atoms with van der Waals surface area (Å²) >= 11 is 3.54. The van der Waals surface area contributed by atoms with Crippen LogP contribution in [0.2, 0.25) is 0 Å². The maximum Gasteiger partial charge on any atom is 0.342 e. The number of cyclic esters (lactones) is 1. The molecule has 2 aromatic heterocycles. The van der Waals surface area contributed by atoms with Gasteiger partial charge in [0.2, 0.25) is 0 Å². The van der Waals surface area contributed by atoms with Crippen molar-refractivity contribution in [2.45, 2.75) is 62.5 Å². The van der Waals surface area contributed by atoms with E-state index in [9.17, 15) is 9.59 Å². The van der Waals surface area contributed by atoms with Crippen molar-refractivity contribution < 1.29 is 33.3 Å². The van der Waals surface area contributed by atoms with Crippen molar-refractivity contribution >= 4 is 44.9 Å². The number of rotatable bonds is 5. The van der Waals surface area contributed by atoms with Crippen molar-refractivity contribution in [1.82, 2.24) is 19.5 Å². The lowest BCUT2D eigenvalue weighted by atomic mass is 10.1. The number of esters is 2. The van der Waals surface area contributed by atoms with Gasteiger partial charge in [-0.3, -0.25) is 14.1 Å². The van der Waals surface area contributed by atoms with E-state index in [0.717, 1.165) is 0 Å². The van der Waals surface area contributed by atoms with E-state index in [1.807, 2.05) is 0 Å². The van der Waals surface area contributed by atoms with Crippen molar-refractivity contribution in [1.29, 1.82) is 0 Å². The van der Waals surface area contributed by atoms with Gasteiger partial charge in [0.05, 0.1) is 17.8 Å². The second-order valence-electron chi connectivity index (χ2n) is 7.84. The van der Waals surface area contributed by atoms with Crippen molar-refractivity contribution in [3.63, 3.8) is 0 Å². The Kier molecular flexibility index (Phi) is 5.40. The minimum absolute atomic E-state index is 0.0200. The Morgan fingerprint density at radius 1 is 1.32 bits per heavy atom. The quantitative estimate of drug-likeness (QED) is 0.463. The molecule has 4 heterocycles. The number of imidazole rings is 1. The SMILES string of the molecule is CC(=O)O[C@@H]1[C@@H](Br)[C@@H](COC2(C)OC(=O)C(C)(C)O2)O[C@H]1n1cnc2c(N)ncnc21. The summed E-state index contributed by atoms with van der Waals surface area (Å²) in [6.07, 6.45) is 0.722. The highest BCUT2D eigenvalue weighted by Gasteiger charge is 2.53. The van der Waals surface area contributed by atoms with E-state index in [1.54, 1.807) is 18.4 Å². The van der Waals surface area contributed by atoms with Crippen LogP contribution in [-0.4, -0.2) is 66.7 Å². The Morgan fingerprint density at radius 3 is 2.71 bits per heavy atom. The first-order chi connectivity index (χ1) is 14.5. The van der Waals surface area contributed by atoms with Gasteiger partial charge in [-0.25, -0.2) is 19.7 Å². The molecule has 0 amide bonds. The predicted molar refractivity (Wildman–Crippen MR) is 108 cm³/mol. The van der Waals surface area contributed by atoms with Crippen LogP contribution in [0.3, 0.4) is 0 Å². The Hall–Kier alpha value is -2.35. The molecule has 13 heteroatoms. The number of ether oxygens (including phenoxy) is 5. The number of hydrogen-bond donors (Lipinski definition) is 1. The Bertz CT molecular complexity index is 1030. The molecule has 2 aromatic rings. The molecule has 2 fully saturated rings. The molecule has 4 rings (SSSR count). The van der Waals surface area contributed by atoms with E-state index >= 15 is 0 Å². The van der Waals surface area contributed by atoms with Gasteiger partial charge < -0.3 is 24.7 Å². The standard InChI is InChI=1S/C18H22BrN5O7/c1-8(25)28-12-10(19)9(5-27-18(4)30-16(26)17(2,3)31-18)29-15(12)24-7-23-11-13(20)21-6-22-14(11)24/h6-7,9-10,12,15H,5H2,1-4H3,(H2,20,21,22)/t9-,10+,12-,15-,18?/m1/s1. The molecule has 31 heavy (non-hydrogen) atoms. The smallest absolute Gasteiger partial charge is 0.342 e. The summed E-state index contributed by atoms with van der Waals surface area (Å²) in [5, 5.41) is 0. The fourth-order valence-electron chi connectivity index (χ4n) is 3.54. The summed E-state index contributed by atoms with van der Waals surface area (Å²) in [7, 11) is 0. The van der Waals surface area contributed by atoms with Crippen LogP contribution in [0, 0.1) is 0 Å². The number of alkyl halides is 1. The average Bonchev–Trinajstić information content (AvgIpc) is 3.28. The molecule has 12 nitrogen and oxygen atoms in total. The zero-order valence-electron chi connectivity index (χ0n) is 17.3. The lowest BCUT2D eigenvalue weighted by Gasteiger charge is -2.25. The molecular weight excluding hydrogens is 478 g/mol. The lowest BCUT2D eigenvalue weighted by Crippen LogP contribution is -2.38. The van der Waals surface area contributed by atoms with Gasteiger partial charge in [0.1, 0.15) is 17.9 Å². The monoisotopic (exact) mass is 499 g/mol. The third-order valence-electron chi connectivity index (χ3n) is 4.95. The molecule has 2 saturated heterocycles. The molecule has 0 aromatic carbocycles. The average molecular weight is 500 g/mol. The van der Waals surface area contributed by atoms with E-state index in [1.165, 1.54) is 26.5 Å². The van der Waals surface area contributed by atoms with E-state index in [2.05, 4.69) is 30.9 Å². The molecule has 0 bridgehead atoms. The Balaban J connectivity index is 1.56. The van der Waals surface area contributed by atoms with E-state index < -0.39 is 46.8 Å². The lowest BCUT2D eigenvalue weighted by molar-refractivity contribution is -0.334. The van der Waals surface area contributed by atoms with E-state index in [0.29, 0.717) is 11.2 Å². The van der Waals surface area contributed by atoms with Crippen LogP contribution >= 0.6 is 15.9 Å². The van der Waals surface area contributed by atoms with Crippen LogP contribution in [0.25, 0.3) is 11.2 Å². The molecule has 1 unspecified atom stereocenters. The van der Waals surface area contributed by atoms with Crippen molar-refractivity contribution in [2.24, 2.45) is 0 Å². The van der Waals surface area contributed by atoms with Gasteiger partial charge in [-0.2, -0.15) is 0 Å². The Labute approximate surface area is 185 Å². The predicted octanol–water partition coefficient (Wildman–Crippen LogP) is 1.04. The second-order valence-corrected chi connectivity index (χ2v) is 8.90. The maximum atomic E-state index is 11.9. The van der Waals surface area contributed by atoms with E-state index in [-0.39, 0.29) is 12.4 Å². The first-order valence-electron chi connectivity index (χ1n) is 9.48. The Morgan fingerprint density at radius 2 is 2.06 bits per heavy atom. The minimum atomic E-state index is -1.56. The summed E-state index contributed by atoms with van der Waals surface area (Å²) < 4.78 is 29.9. The number of carbonyl (C=O) groups is 2. The van der Waals surface area contributed by atoms with E-state index in [4.69, 9.17) is 29.4 Å². The summed E-state index contributed by atoms with van der Waals surface area (Å²) in [5.41, 5.74) is 5.57. The fourth-order valence-corrected chi connectivity index (χ4v) is 4.18. The van der Waals surface area contributed by atoms with Crippen LogP contribution in [-0.2, 0) is 33.3 Å². The van der Waals surface area contributed by atoms with Crippen LogP contribution in [0.1, 0.15) is 33.9 Å². The second kappa shape index (κ2) is 7.65. The highest BCUT2D eigenvalue weighted by molar-refractivity contribution is 9.09. The molecule has 2 N–H and O–H groups in total. The molecule has 2 aliphatic rings. The first kappa shape index (κ1) is 21.9. The van der Waals surface area contributed by atoms with Gasteiger partial charge in [-0.15, -0.1) is 0 Å².